The van der Waals surface area contributed by atoms with Crippen molar-refractivity contribution in [2.75, 3.05) is 18.6 Å². The molecule has 0 unspecified atom stereocenters. The van der Waals surface area contributed by atoms with Gasteiger partial charge in [0.2, 0.25) is 0 Å². The molecule has 0 spiro atoms. The Bertz CT molecular complexity index is 1300. The van der Waals surface area contributed by atoms with E-state index in [-0.39, 0.29) is 29.7 Å². The van der Waals surface area contributed by atoms with E-state index in [2.05, 4.69) is 17.3 Å². The van der Waals surface area contributed by atoms with E-state index in [0.29, 0.717) is 12.2 Å². The molecule has 1 amide bonds. The first-order valence-electron chi connectivity index (χ1n) is 11.6. The van der Waals surface area contributed by atoms with Crippen LogP contribution in [0, 0.1) is 0 Å². The van der Waals surface area contributed by atoms with Gasteiger partial charge >= 0.3 is 0 Å². The summed E-state index contributed by atoms with van der Waals surface area (Å²) < 4.78 is 35.1. The van der Waals surface area contributed by atoms with Gasteiger partial charge in [-0.2, -0.15) is 0 Å². The summed E-state index contributed by atoms with van der Waals surface area (Å²) in [5.74, 6) is 0.982. The molecule has 1 aliphatic heterocycles. The maximum atomic E-state index is 13.5. The summed E-state index contributed by atoms with van der Waals surface area (Å²) in [6.07, 6.45) is 4.96. The number of nitrogens with zero attached hydrogens (tertiary/aromatic N) is 2. The fraction of sp³-hybridized carbons (Fsp3) is 0.385. The van der Waals surface area contributed by atoms with Crippen molar-refractivity contribution in [2.24, 2.45) is 0 Å². The molecular weight excluding hydrogens is 452 g/mol. The number of rotatable bonds is 6. The van der Waals surface area contributed by atoms with Crippen LogP contribution in [0.4, 0.5) is 0 Å². The average molecular weight is 481 g/mol. The molecule has 1 atom stereocenters. The van der Waals surface area contributed by atoms with E-state index in [1.54, 1.807) is 18.1 Å². The van der Waals surface area contributed by atoms with Gasteiger partial charge < -0.3 is 14.2 Å². The van der Waals surface area contributed by atoms with Crippen LogP contribution in [0.15, 0.2) is 53.1 Å². The maximum absolute atomic E-state index is 13.5. The topological polar surface area (TPSA) is 89.7 Å². The van der Waals surface area contributed by atoms with E-state index < -0.39 is 15.9 Å². The van der Waals surface area contributed by atoms with Gasteiger partial charge in [0, 0.05) is 24.2 Å². The normalized spacial score (nSPS) is 18.9. The zero-order chi connectivity index (χ0) is 23.7. The Morgan fingerprint density at radius 1 is 1.09 bits per heavy atom. The molecule has 0 saturated carbocycles. The molecule has 2 aromatic carbocycles. The summed E-state index contributed by atoms with van der Waals surface area (Å²) >= 11 is 0. The molecular formula is C26H28N2O5S. The van der Waals surface area contributed by atoms with Gasteiger partial charge in [0.1, 0.15) is 5.75 Å². The highest BCUT2D eigenvalue weighted by molar-refractivity contribution is 7.91. The molecule has 1 fully saturated rings. The number of amides is 1. The minimum Gasteiger partial charge on any atom is -0.497 e. The third-order valence-corrected chi connectivity index (χ3v) is 8.53. The van der Waals surface area contributed by atoms with Gasteiger partial charge in [-0.1, -0.05) is 29.4 Å². The number of hydrogen-bond acceptors (Lipinski definition) is 6. The summed E-state index contributed by atoms with van der Waals surface area (Å²) in [6, 6.07) is 14.9. The van der Waals surface area contributed by atoms with Gasteiger partial charge in [0.05, 0.1) is 18.6 Å². The Balaban J connectivity index is 1.41. The molecule has 178 valence electrons. The number of carbonyl (C=O) groups is 1. The SMILES string of the molecule is COc1ccc(CN(C(=O)c2cc(-c3ccc4c(c3)CCCC4)on2)[C@H]2CCS(=O)(=O)C2)cc1. The third kappa shape index (κ3) is 4.73. The first kappa shape index (κ1) is 22.7. The molecule has 1 aromatic heterocycles. The van der Waals surface area contributed by atoms with Crippen molar-refractivity contribution < 1.29 is 22.5 Å². The maximum Gasteiger partial charge on any atom is 0.276 e. The number of carbonyl (C=O) groups excluding carboxylic acids is 1. The lowest BCUT2D eigenvalue weighted by atomic mass is 9.90. The molecule has 8 heteroatoms. The van der Waals surface area contributed by atoms with Crippen molar-refractivity contribution in [3.63, 3.8) is 0 Å². The van der Waals surface area contributed by atoms with E-state index in [1.807, 2.05) is 30.3 Å². The van der Waals surface area contributed by atoms with Crippen molar-refractivity contribution in [1.29, 1.82) is 0 Å². The van der Waals surface area contributed by atoms with Crippen LogP contribution >= 0.6 is 0 Å². The van der Waals surface area contributed by atoms with Crippen molar-refractivity contribution >= 4 is 15.7 Å². The van der Waals surface area contributed by atoms with Crippen LogP contribution in [0.1, 0.15) is 46.4 Å². The molecule has 0 N–H and O–H groups in total. The molecule has 1 aliphatic carbocycles. The molecule has 34 heavy (non-hydrogen) atoms. The molecule has 0 bridgehead atoms. The number of benzene rings is 2. The van der Waals surface area contributed by atoms with E-state index in [0.717, 1.165) is 29.7 Å². The first-order valence-corrected chi connectivity index (χ1v) is 13.5. The Morgan fingerprint density at radius 2 is 1.85 bits per heavy atom. The lowest BCUT2D eigenvalue weighted by Gasteiger charge is -2.27. The Labute approximate surface area is 199 Å². The second kappa shape index (κ2) is 9.25. The van der Waals surface area contributed by atoms with Gasteiger partial charge in [0.15, 0.2) is 21.3 Å². The predicted molar refractivity (Wildman–Crippen MR) is 129 cm³/mol. The second-order valence-electron chi connectivity index (χ2n) is 9.10. The fourth-order valence-corrected chi connectivity index (χ4v) is 6.59. The number of fused-ring (bicyclic) bond motifs is 1. The van der Waals surface area contributed by atoms with Gasteiger partial charge in [-0.05, 0) is 67.0 Å². The zero-order valence-electron chi connectivity index (χ0n) is 19.2. The van der Waals surface area contributed by atoms with Crippen LogP contribution in [0.2, 0.25) is 0 Å². The van der Waals surface area contributed by atoms with E-state index >= 15 is 0 Å². The van der Waals surface area contributed by atoms with Crippen LogP contribution in [0.25, 0.3) is 11.3 Å². The molecule has 2 aliphatic rings. The number of aryl methyl sites for hydroxylation is 2. The Hall–Kier alpha value is -3.13. The number of ether oxygens (including phenoxy) is 1. The summed E-state index contributed by atoms with van der Waals surface area (Å²) in [5.41, 5.74) is 4.67. The average Bonchev–Trinajstić information content (AvgIpc) is 3.49. The molecule has 7 nitrogen and oxygen atoms in total. The Kier molecular flexibility index (Phi) is 6.16. The van der Waals surface area contributed by atoms with Gasteiger partial charge in [0.25, 0.3) is 5.91 Å². The van der Waals surface area contributed by atoms with Crippen molar-refractivity contribution in [3.05, 3.63) is 70.9 Å². The van der Waals surface area contributed by atoms with Crippen LogP contribution in [0.5, 0.6) is 5.75 Å². The zero-order valence-corrected chi connectivity index (χ0v) is 20.0. The Morgan fingerprint density at radius 3 is 2.56 bits per heavy atom. The summed E-state index contributed by atoms with van der Waals surface area (Å²) in [7, 11) is -1.57. The first-order chi connectivity index (χ1) is 16.4. The third-order valence-electron chi connectivity index (χ3n) is 6.78. The van der Waals surface area contributed by atoms with E-state index in [9.17, 15) is 13.2 Å². The van der Waals surface area contributed by atoms with Crippen molar-refractivity contribution in [3.8, 4) is 17.1 Å². The molecule has 0 radical (unpaired) electrons. The van der Waals surface area contributed by atoms with E-state index in [1.165, 1.54) is 24.0 Å². The number of hydrogen-bond donors (Lipinski definition) is 0. The number of aromatic nitrogens is 1. The highest BCUT2D eigenvalue weighted by atomic mass is 32.2. The summed E-state index contributed by atoms with van der Waals surface area (Å²) in [5, 5.41) is 4.07. The highest BCUT2D eigenvalue weighted by Crippen LogP contribution is 2.29. The highest BCUT2D eigenvalue weighted by Gasteiger charge is 2.36. The monoisotopic (exact) mass is 480 g/mol. The van der Waals surface area contributed by atoms with Crippen molar-refractivity contribution in [1.82, 2.24) is 10.1 Å². The molecule has 5 rings (SSSR count). The van der Waals surface area contributed by atoms with E-state index in [4.69, 9.17) is 9.26 Å². The summed E-state index contributed by atoms with van der Waals surface area (Å²) in [6.45, 7) is 0.282. The predicted octanol–water partition coefficient (Wildman–Crippen LogP) is 4.06. The quantitative estimate of drug-likeness (QED) is 0.529. The van der Waals surface area contributed by atoms with Crippen molar-refractivity contribution in [2.45, 2.75) is 44.7 Å². The lowest BCUT2D eigenvalue weighted by Crippen LogP contribution is -2.40. The smallest absolute Gasteiger partial charge is 0.276 e. The second-order valence-corrected chi connectivity index (χ2v) is 11.3. The fourth-order valence-electron chi connectivity index (χ4n) is 4.86. The van der Waals surface area contributed by atoms with Crippen LogP contribution in [-0.4, -0.2) is 49.0 Å². The van der Waals surface area contributed by atoms with Crippen LogP contribution in [0.3, 0.4) is 0 Å². The van der Waals surface area contributed by atoms with Gasteiger partial charge in [-0.15, -0.1) is 0 Å². The summed E-state index contributed by atoms with van der Waals surface area (Å²) in [4.78, 5) is 15.1. The van der Waals surface area contributed by atoms with Gasteiger partial charge in [-0.25, -0.2) is 8.42 Å². The lowest BCUT2D eigenvalue weighted by molar-refractivity contribution is 0.0670. The van der Waals surface area contributed by atoms with Gasteiger partial charge in [-0.3, -0.25) is 4.79 Å². The molecule has 3 aromatic rings. The van der Waals surface area contributed by atoms with Crippen LogP contribution < -0.4 is 4.74 Å². The number of methoxy groups -OCH3 is 1. The number of sulfone groups is 1. The molecule has 2 heterocycles. The minimum atomic E-state index is -3.16. The minimum absolute atomic E-state index is 0.0373. The molecule has 1 saturated heterocycles. The largest absolute Gasteiger partial charge is 0.497 e. The standard InChI is InChI=1S/C26H28N2O5S/c1-32-23-10-6-18(7-11-23)16-28(22-12-13-34(30,31)17-22)26(29)24-15-25(33-27-24)21-9-8-19-4-2-3-5-20(19)14-21/h6-11,14-15,22H,2-5,12-13,16-17H2,1H3/t22-/m0/s1. The van der Waals surface area contributed by atoms with Crippen LogP contribution in [-0.2, 0) is 29.2 Å².